The van der Waals surface area contributed by atoms with Crippen molar-refractivity contribution in [2.75, 3.05) is 12.3 Å². The smallest absolute Gasteiger partial charge is 0.137 e. The highest BCUT2D eigenvalue weighted by molar-refractivity contribution is 7.09. The van der Waals surface area contributed by atoms with Gasteiger partial charge >= 0.3 is 0 Å². The predicted molar refractivity (Wildman–Crippen MR) is 64.7 cm³/mol. The molecule has 0 radical (unpaired) electrons. The fourth-order valence-corrected chi connectivity index (χ4v) is 2.07. The predicted octanol–water partition coefficient (Wildman–Crippen LogP) is 2.05. The van der Waals surface area contributed by atoms with E-state index in [1.165, 1.54) is 4.88 Å². The summed E-state index contributed by atoms with van der Waals surface area (Å²) < 4.78 is 5.55. The number of aryl methyl sites for hydroxylation is 1. The summed E-state index contributed by atoms with van der Waals surface area (Å²) in [4.78, 5) is 9.41. The van der Waals surface area contributed by atoms with Gasteiger partial charge in [0.05, 0.1) is 24.0 Å². The summed E-state index contributed by atoms with van der Waals surface area (Å²) in [5.41, 5.74) is 8.42. The molecule has 0 unspecified atom stereocenters. The lowest BCUT2D eigenvalue weighted by atomic mass is 10.3. The van der Waals surface area contributed by atoms with Crippen LogP contribution in [-0.2, 0) is 6.42 Å². The molecular weight excluding hydrogens is 222 g/mol. The number of hydrogen-bond acceptors (Lipinski definition) is 5. The number of rotatable bonds is 4. The molecule has 0 saturated carbocycles. The molecule has 2 rings (SSSR count). The maximum atomic E-state index is 5.55. The number of hydrogen-bond donors (Lipinski definition) is 1. The van der Waals surface area contributed by atoms with Gasteiger partial charge in [-0.1, -0.05) is 0 Å². The minimum atomic E-state index is 0.505. The Morgan fingerprint density at radius 2 is 2.25 bits per heavy atom. The van der Waals surface area contributed by atoms with Crippen LogP contribution in [0.2, 0.25) is 0 Å². The molecule has 5 heteroatoms. The van der Waals surface area contributed by atoms with Crippen LogP contribution < -0.4 is 10.5 Å². The minimum Gasteiger partial charge on any atom is -0.492 e. The Bertz CT molecular complexity index is 453. The molecular formula is C11H13N3OS. The molecule has 2 N–H and O–H groups in total. The Kier molecular flexibility index (Phi) is 3.36. The van der Waals surface area contributed by atoms with E-state index in [2.05, 4.69) is 9.97 Å². The molecule has 2 aromatic rings. The minimum absolute atomic E-state index is 0.505. The molecule has 84 valence electrons. The summed E-state index contributed by atoms with van der Waals surface area (Å²) in [5, 5.41) is 0. The Labute approximate surface area is 98.1 Å². The van der Waals surface area contributed by atoms with E-state index < -0.39 is 0 Å². The quantitative estimate of drug-likeness (QED) is 0.881. The van der Waals surface area contributed by atoms with Gasteiger partial charge in [-0.25, -0.2) is 9.97 Å². The summed E-state index contributed by atoms with van der Waals surface area (Å²) in [6.07, 6.45) is 2.51. The number of pyridine rings is 1. The summed E-state index contributed by atoms with van der Waals surface area (Å²) >= 11 is 1.66. The van der Waals surface area contributed by atoms with Gasteiger partial charge in [0.25, 0.3) is 0 Å². The standard InChI is InChI=1S/C11H13N3OS/c1-8-10(16-7-14-8)4-5-15-9-2-3-11(12)13-6-9/h2-3,6-7H,4-5H2,1H3,(H2,12,13). The molecule has 16 heavy (non-hydrogen) atoms. The van der Waals surface area contributed by atoms with Gasteiger partial charge in [0, 0.05) is 11.3 Å². The lowest BCUT2D eigenvalue weighted by molar-refractivity contribution is 0.321. The van der Waals surface area contributed by atoms with Crippen LogP contribution in [0.15, 0.2) is 23.8 Å². The fourth-order valence-electron chi connectivity index (χ4n) is 1.30. The van der Waals surface area contributed by atoms with Crippen molar-refractivity contribution >= 4 is 17.2 Å². The van der Waals surface area contributed by atoms with Gasteiger partial charge < -0.3 is 10.5 Å². The van der Waals surface area contributed by atoms with E-state index in [-0.39, 0.29) is 0 Å². The lowest BCUT2D eigenvalue weighted by Gasteiger charge is -2.04. The van der Waals surface area contributed by atoms with E-state index in [0.717, 1.165) is 17.9 Å². The monoisotopic (exact) mass is 235 g/mol. The first-order chi connectivity index (χ1) is 7.75. The number of nitrogens with zero attached hydrogens (tertiary/aromatic N) is 2. The van der Waals surface area contributed by atoms with E-state index in [4.69, 9.17) is 10.5 Å². The van der Waals surface area contributed by atoms with Crippen LogP contribution in [0.1, 0.15) is 10.6 Å². The first-order valence-corrected chi connectivity index (χ1v) is 5.87. The number of thiazole rings is 1. The van der Waals surface area contributed by atoms with Crippen molar-refractivity contribution in [3.05, 3.63) is 34.4 Å². The molecule has 2 heterocycles. The first-order valence-electron chi connectivity index (χ1n) is 4.99. The molecule has 2 aromatic heterocycles. The fraction of sp³-hybridized carbons (Fsp3) is 0.273. The molecule has 0 aromatic carbocycles. The van der Waals surface area contributed by atoms with Gasteiger partial charge in [0.15, 0.2) is 0 Å². The van der Waals surface area contributed by atoms with Crippen molar-refractivity contribution in [3.8, 4) is 5.75 Å². The van der Waals surface area contributed by atoms with Crippen LogP contribution in [0, 0.1) is 6.92 Å². The second-order valence-corrected chi connectivity index (χ2v) is 4.32. The molecule has 0 spiro atoms. The summed E-state index contributed by atoms with van der Waals surface area (Å²) in [5.74, 6) is 1.25. The SMILES string of the molecule is Cc1ncsc1CCOc1ccc(N)nc1. The van der Waals surface area contributed by atoms with E-state index in [9.17, 15) is 0 Å². The highest BCUT2D eigenvalue weighted by Crippen LogP contribution is 2.14. The molecule has 0 bridgehead atoms. The zero-order valence-electron chi connectivity index (χ0n) is 9.01. The average Bonchev–Trinajstić information content (AvgIpc) is 2.68. The van der Waals surface area contributed by atoms with Crippen molar-refractivity contribution in [1.82, 2.24) is 9.97 Å². The lowest BCUT2D eigenvalue weighted by Crippen LogP contribution is -2.01. The van der Waals surface area contributed by atoms with E-state index >= 15 is 0 Å². The molecule has 0 saturated heterocycles. The Morgan fingerprint density at radius 3 is 2.88 bits per heavy atom. The van der Waals surface area contributed by atoms with E-state index in [1.54, 1.807) is 23.6 Å². The van der Waals surface area contributed by atoms with Gasteiger partial charge in [-0.2, -0.15) is 0 Å². The van der Waals surface area contributed by atoms with Crippen molar-refractivity contribution < 1.29 is 4.74 Å². The Morgan fingerprint density at radius 1 is 1.38 bits per heavy atom. The van der Waals surface area contributed by atoms with Gasteiger partial charge in [0.2, 0.25) is 0 Å². The van der Waals surface area contributed by atoms with Gasteiger partial charge in [-0.05, 0) is 19.1 Å². The topological polar surface area (TPSA) is 61.0 Å². The second kappa shape index (κ2) is 4.94. The number of nitrogen functional groups attached to an aromatic ring is 1. The molecule has 4 nitrogen and oxygen atoms in total. The number of aromatic nitrogens is 2. The number of nitrogens with two attached hydrogens (primary N) is 1. The zero-order chi connectivity index (χ0) is 11.4. The molecule has 0 aliphatic carbocycles. The van der Waals surface area contributed by atoms with Crippen molar-refractivity contribution in [1.29, 1.82) is 0 Å². The highest BCUT2D eigenvalue weighted by Gasteiger charge is 2.01. The maximum absolute atomic E-state index is 5.55. The largest absolute Gasteiger partial charge is 0.492 e. The zero-order valence-corrected chi connectivity index (χ0v) is 9.83. The van der Waals surface area contributed by atoms with E-state index in [0.29, 0.717) is 12.4 Å². The van der Waals surface area contributed by atoms with Crippen LogP contribution in [-0.4, -0.2) is 16.6 Å². The van der Waals surface area contributed by atoms with Gasteiger partial charge in [0.1, 0.15) is 11.6 Å². The van der Waals surface area contributed by atoms with Crippen LogP contribution in [0.4, 0.5) is 5.82 Å². The maximum Gasteiger partial charge on any atom is 0.137 e. The molecule has 0 atom stereocenters. The van der Waals surface area contributed by atoms with E-state index in [1.807, 2.05) is 18.5 Å². The van der Waals surface area contributed by atoms with Crippen LogP contribution in [0.5, 0.6) is 5.75 Å². The summed E-state index contributed by atoms with van der Waals surface area (Å²) in [6.45, 7) is 2.64. The van der Waals surface area contributed by atoms with Crippen molar-refractivity contribution in [2.45, 2.75) is 13.3 Å². The molecule has 0 fully saturated rings. The molecule has 0 amide bonds. The molecule has 0 aliphatic rings. The highest BCUT2D eigenvalue weighted by atomic mass is 32.1. The van der Waals surface area contributed by atoms with Crippen LogP contribution >= 0.6 is 11.3 Å². The van der Waals surface area contributed by atoms with Gasteiger partial charge in [-0.15, -0.1) is 11.3 Å². The normalized spacial score (nSPS) is 10.3. The third kappa shape index (κ3) is 2.70. The second-order valence-electron chi connectivity index (χ2n) is 3.38. The summed E-state index contributed by atoms with van der Waals surface area (Å²) in [7, 11) is 0. The first kappa shape index (κ1) is 10.9. The Balaban J connectivity index is 1.84. The average molecular weight is 235 g/mol. The number of anilines is 1. The Hall–Kier alpha value is -1.62. The van der Waals surface area contributed by atoms with Crippen LogP contribution in [0.25, 0.3) is 0 Å². The third-order valence-corrected chi connectivity index (χ3v) is 3.20. The van der Waals surface area contributed by atoms with Gasteiger partial charge in [-0.3, -0.25) is 0 Å². The van der Waals surface area contributed by atoms with Crippen LogP contribution in [0.3, 0.4) is 0 Å². The summed E-state index contributed by atoms with van der Waals surface area (Å²) in [6, 6.07) is 3.55. The molecule has 0 aliphatic heterocycles. The van der Waals surface area contributed by atoms with Crippen molar-refractivity contribution in [3.63, 3.8) is 0 Å². The van der Waals surface area contributed by atoms with Crippen molar-refractivity contribution in [2.24, 2.45) is 0 Å². The third-order valence-electron chi connectivity index (χ3n) is 2.20. The number of ether oxygens (including phenoxy) is 1.